The average molecular weight is 377 g/mol. The molecule has 2 aromatic carbocycles. The Bertz CT molecular complexity index is 961. The summed E-state index contributed by atoms with van der Waals surface area (Å²) in [6.07, 6.45) is 1.06. The van der Waals surface area contributed by atoms with Crippen LogP contribution in [0.1, 0.15) is 28.1 Å². The molecular formula is C23H27N3O2. The molecule has 0 spiro atoms. The maximum atomic E-state index is 12.5. The van der Waals surface area contributed by atoms with Gasteiger partial charge in [-0.15, -0.1) is 0 Å². The molecule has 0 aliphatic heterocycles. The molecule has 146 valence electrons. The van der Waals surface area contributed by atoms with Crippen molar-refractivity contribution in [2.75, 3.05) is 13.7 Å². The Balaban J connectivity index is 1.63. The first-order chi connectivity index (χ1) is 13.5. The molecule has 1 amide bonds. The van der Waals surface area contributed by atoms with Crippen molar-refractivity contribution in [3.05, 3.63) is 76.6 Å². The van der Waals surface area contributed by atoms with E-state index in [0.29, 0.717) is 13.0 Å². The van der Waals surface area contributed by atoms with Crippen LogP contribution >= 0.6 is 0 Å². The van der Waals surface area contributed by atoms with E-state index in [0.717, 1.165) is 40.4 Å². The van der Waals surface area contributed by atoms with Crippen LogP contribution in [0, 0.1) is 20.8 Å². The summed E-state index contributed by atoms with van der Waals surface area (Å²) in [6, 6.07) is 16.1. The van der Waals surface area contributed by atoms with Gasteiger partial charge in [0.25, 0.3) is 0 Å². The topological polar surface area (TPSA) is 56.1 Å². The van der Waals surface area contributed by atoms with Crippen LogP contribution in [0.15, 0.2) is 48.5 Å². The van der Waals surface area contributed by atoms with E-state index in [9.17, 15) is 4.79 Å². The number of carbonyl (C=O) groups is 1. The fraction of sp³-hybridized carbons (Fsp3) is 0.304. The number of rotatable bonds is 7. The number of aromatic nitrogens is 2. The van der Waals surface area contributed by atoms with Crippen molar-refractivity contribution in [1.29, 1.82) is 0 Å². The lowest BCUT2D eigenvalue weighted by atomic mass is 10.1. The number of aryl methyl sites for hydroxylation is 2. The van der Waals surface area contributed by atoms with Gasteiger partial charge in [0.05, 0.1) is 24.9 Å². The Hall–Kier alpha value is -3.08. The molecule has 1 N–H and O–H groups in total. The number of amides is 1. The molecule has 0 atom stereocenters. The third-order valence-corrected chi connectivity index (χ3v) is 4.93. The van der Waals surface area contributed by atoms with E-state index >= 15 is 0 Å². The lowest BCUT2D eigenvalue weighted by molar-refractivity contribution is -0.120. The summed E-state index contributed by atoms with van der Waals surface area (Å²) in [5.74, 6) is 0.862. The standard InChI is InChI=1S/C23H27N3O2/c1-16-10-11-22(28-4)19(14-16)12-13-24-23(27)15-21-17(2)25-26(18(21)3)20-8-6-5-7-9-20/h5-11,14H,12-13,15H2,1-4H3,(H,24,27). The second-order valence-corrected chi connectivity index (χ2v) is 6.99. The summed E-state index contributed by atoms with van der Waals surface area (Å²) in [5, 5.41) is 7.64. The largest absolute Gasteiger partial charge is 0.496 e. The Morgan fingerprint density at radius 3 is 2.57 bits per heavy atom. The third kappa shape index (κ3) is 4.42. The van der Waals surface area contributed by atoms with E-state index in [1.807, 2.05) is 61.0 Å². The second kappa shape index (κ2) is 8.74. The zero-order valence-corrected chi connectivity index (χ0v) is 17.0. The Labute approximate surface area is 166 Å². The maximum absolute atomic E-state index is 12.5. The SMILES string of the molecule is COc1ccc(C)cc1CCNC(=O)Cc1c(C)nn(-c2ccccc2)c1C. The average Bonchev–Trinajstić information content (AvgIpc) is 2.97. The normalized spacial score (nSPS) is 10.7. The minimum Gasteiger partial charge on any atom is -0.496 e. The molecule has 1 heterocycles. The predicted molar refractivity (Wildman–Crippen MR) is 111 cm³/mol. The van der Waals surface area contributed by atoms with Crippen LogP contribution in [0.5, 0.6) is 5.75 Å². The second-order valence-electron chi connectivity index (χ2n) is 6.99. The lowest BCUT2D eigenvalue weighted by Gasteiger charge is -2.10. The van der Waals surface area contributed by atoms with Gasteiger partial charge in [0, 0.05) is 17.8 Å². The predicted octanol–water partition coefficient (Wildman–Crippen LogP) is 3.71. The van der Waals surface area contributed by atoms with Gasteiger partial charge in [0.1, 0.15) is 5.75 Å². The quantitative estimate of drug-likeness (QED) is 0.683. The number of carbonyl (C=O) groups excluding carboxylic acids is 1. The molecular weight excluding hydrogens is 350 g/mol. The van der Waals surface area contributed by atoms with Crippen LogP contribution in [0.25, 0.3) is 5.69 Å². The zero-order valence-electron chi connectivity index (χ0n) is 17.0. The molecule has 1 aromatic heterocycles. The van der Waals surface area contributed by atoms with Gasteiger partial charge in [-0.05, 0) is 51.0 Å². The summed E-state index contributed by atoms with van der Waals surface area (Å²) >= 11 is 0. The van der Waals surface area contributed by atoms with Gasteiger partial charge < -0.3 is 10.1 Å². The molecule has 5 heteroatoms. The van der Waals surface area contributed by atoms with Crippen molar-refractivity contribution in [1.82, 2.24) is 15.1 Å². The van der Waals surface area contributed by atoms with Gasteiger partial charge in [-0.3, -0.25) is 4.79 Å². The summed E-state index contributed by atoms with van der Waals surface area (Å²) in [4.78, 5) is 12.5. The number of ether oxygens (including phenoxy) is 1. The lowest BCUT2D eigenvalue weighted by Crippen LogP contribution is -2.27. The van der Waals surface area contributed by atoms with Crippen LogP contribution in [0.3, 0.4) is 0 Å². The highest BCUT2D eigenvalue weighted by Gasteiger charge is 2.16. The van der Waals surface area contributed by atoms with E-state index in [4.69, 9.17) is 4.74 Å². The van der Waals surface area contributed by atoms with Crippen molar-refractivity contribution in [3.8, 4) is 11.4 Å². The van der Waals surface area contributed by atoms with E-state index in [-0.39, 0.29) is 5.91 Å². The minimum atomic E-state index is 0.00503. The number of nitrogens with one attached hydrogen (secondary N) is 1. The molecule has 0 saturated heterocycles. The summed E-state index contributed by atoms with van der Waals surface area (Å²) in [7, 11) is 1.67. The highest BCUT2D eigenvalue weighted by molar-refractivity contribution is 5.79. The van der Waals surface area contributed by atoms with Gasteiger partial charge in [-0.1, -0.05) is 35.9 Å². The molecule has 3 rings (SSSR count). The number of para-hydroxylation sites is 1. The summed E-state index contributed by atoms with van der Waals surface area (Å²) in [6.45, 7) is 6.58. The number of hydrogen-bond donors (Lipinski definition) is 1. The van der Waals surface area contributed by atoms with Gasteiger partial charge in [0.2, 0.25) is 5.91 Å². The number of methoxy groups -OCH3 is 1. The smallest absolute Gasteiger partial charge is 0.224 e. The fourth-order valence-electron chi connectivity index (χ4n) is 3.41. The molecule has 0 unspecified atom stereocenters. The minimum absolute atomic E-state index is 0.00503. The number of nitrogens with zero attached hydrogens (tertiary/aromatic N) is 2. The van der Waals surface area contributed by atoms with Gasteiger partial charge in [0.15, 0.2) is 0 Å². The molecule has 0 saturated carbocycles. The molecule has 28 heavy (non-hydrogen) atoms. The monoisotopic (exact) mass is 377 g/mol. The van der Waals surface area contributed by atoms with Crippen molar-refractivity contribution < 1.29 is 9.53 Å². The number of hydrogen-bond acceptors (Lipinski definition) is 3. The maximum Gasteiger partial charge on any atom is 0.224 e. The fourth-order valence-corrected chi connectivity index (χ4v) is 3.41. The molecule has 0 aliphatic carbocycles. The molecule has 0 radical (unpaired) electrons. The Kier molecular flexibility index (Phi) is 6.14. The van der Waals surface area contributed by atoms with Crippen LogP contribution < -0.4 is 10.1 Å². The highest BCUT2D eigenvalue weighted by atomic mass is 16.5. The summed E-state index contributed by atoms with van der Waals surface area (Å²) in [5.41, 5.74) is 6.15. The van der Waals surface area contributed by atoms with Crippen LogP contribution in [-0.2, 0) is 17.6 Å². The van der Waals surface area contributed by atoms with Crippen LogP contribution in [0.4, 0.5) is 0 Å². The van der Waals surface area contributed by atoms with E-state index in [2.05, 4.69) is 23.4 Å². The van der Waals surface area contributed by atoms with Crippen molar-refractivity contribution in [3.63, 3.8) is 0 Å². The van der Waals surface area contributed by atoms with Crippen LogP contribution in [-0.4, -0.2) is 29.3 Å². The Morgan fingerprint density at radius 2 is 1.86 bits per heavy atom. The molecule has 5 nitrogen and oxygen atoms in total. The molecule has 0 bridgehead atoms. The third-order valence-electron chi connectivity index (χ3n) is 4.93. The van der Waals surface area contributed by atoms with Gasteiger partial charge in [-0.2, -0.15) is 5.10 Å². The summed E-state index contributed by atoms with van der Waals surface area (Å²) < 4.78 is 7.30. The molecule has 0 fully saturated rings. The first-order valence-electron chi connectivity index (χ1n) is 9.50. The van der Waals surface area contributed by atoms with E-state index in [1.54, 1.807) is 7.11 Å². The van der Waals surface area contributed by atoms with E-state index in [1.165, 1.54) is 5.56 Å². The molecule has 0 aliphatic rings. The number of benzene rings is 2. The van der Waals surface area contributed by atoms with Crippen LogP contribution in [0.2, 0.25) is 0 Å². The first kappa shape index (κ1) is 19.7. The van der Waals surface area contributed by atoms with E-state index < -0.39 is 0 Å². The van der Waals surface area contributed by atoms with Crippen molar-refractivity contribution >= 4 is 5.91 Å². The first-order valence-corrected chi connectivity index (χ1v) is 9.50. The van der Waals surface area contributed by atoms with Gasteiger partial charge in [-0.25, -0.2) is 4.68 Å². The zero-order chi connectivity index (χ0) is 20.1. The molecule has 3 aromatic rings. The Morgan fingerprint density at radius 1 is 1.11 bits per heavy atom. The highest BCUT2D eigenvalue weighted by Crippen LogP contribution is 2.20. The van der Waals surface area contributed by atoms with Crippen molar-refractivity contribution in [2.45, 2.75) is 33.6 Å². The van der Waals surface area contributed by atoms with Gasteiger partial charge >= 0.3 is 0 Å². The van der Waals surface area contributed by atoms with Crippen molar-refractivity contribution in [2.24, 2.45) is 0 Å².